The van der Waals surface area contributed by atoms with Crippen molar-refractivity contribution in [3.8, 4) is 16.9 Å². The van der Waals surface area contributed by atoms with E-state index < -0.39 is 12.3 Å². The summed E-state index contributed by atoms with van der Waals surface area (Å²) in [5.74, 6) is 0.953. The molecule has 0 aromatic heterocycles. The average Bonchev–Trinajstić information content (AvgIpc) is 2.79. The Balaban J connectivity index is 1.45. The summed E-state index contributed by atoms with van der Waals surface area (Å²) in [4.78, 5) is 0. The number of benzene rings is 2. The highest BCUT2D eigenvalue weighted by atomic mass is 19.3. The topological polar surface area (TPSA) is 9.23 Å². The number of hydrogen-bond donors (Lipinski definition) is 0. The highest BCUT2D eigenvalue weighted by Crippen LogP contribution is 2.38. The van der Waals surface area contributed by atoms with Crippen LogP contribution in [0.25, 0.3) is 11.1 Å². The zero-order valence-electron chi connectivity index (χ0n) is 18.3. The van der Waals surface area contributed by atoms with Crippen LogP contribution in [0.4, 0.5) is 8.78 Å². The molecule has 1 aliphatic carbocycles. The summed E-state index contributed by atoms with van der Waals surface area (Å²) in [5, 5.41) is 0. The van der Waals surface area contributed by atoms with E-state index in [-0.39, 0.29) is 0 Å². The molecule has 1 fully saturated rings. The minimum atomic E-state index is -2.16. The SMILES string of the molecule is CCCCCCCCOc1ccc(-c2ccc([C@H]3CC[C@H](C(F)F)CC3)cc2)cc1. The lowest BCUT2D eigenvalue weighted by molar-refractivity contribution is 0.0528. The van der Waals surface area contributed by atoms with Crippen LogP contribution in [0, 0.1) is 5.92 Å². The van der Waals surface area contributed by atoms with Gasteiger partial charge in [0.25, 0.3) is 0 Å². The van der Waals surface area contributed by atoms with Gasteiger partial charge < -0.3 is 4.74 Å². The van der Waals surface area contributed by atoms with E-state index in [1.807, 2.05) is 12.1 Å². The van der Waals surface area contributed by atoms with E-state index in [9.17, 15) is 8.78 Å². The maximum atomic E-state index is 12.9. The summed E-state index contributed by atoms with van der Waals surface area (Å²) in [6.45, 7) is 3.03. The second-order valence-electron chi connectivity index (χ2n) is 8.71. The van der Waals surface area contributed by atoms with Gasteiger partial charge in [0, 0.05) is 5.92 Å². The maximum absolute atomic E-state index is 12.9. The largest absolute Gasteiger partial charge is 0.494 e. The van der Waals surface area contributed by atoms with Crippen molar-refractivity contribution in [2.45, 2.75) is 83.5 Å². The third kappa shape index (κ3) is 6.82. The molecule has 0 unspecified atom stereocenters. The van der Waals surface area contributed by atoms with Crippen molar-refractivity contribution in [1.29, 1.82) is 0 Å². The Bertz CT molecular complexity index is 716. The molecule has 3 heteroatoms. The minimum Gasteiger partial charge on any atom is -0.494 e. The fourth-order valence-electron chi connectivity index (χ4n) is 4.47. The highest BCUT2D eigenvalue weighted by molar-refractivity contribution is 5.64. The zero-order chi connectivity index (χ0) is 21.2. The van der Waals surface area contributed by atoms with Gasteiger partial charge in [0.1, 0.15) is 5.75 Å². The summed E-state index contributed by atoms with van der Waals surface area (Å²) >= 11 is 0. The van der Waals surface area contributed by atoms with Crippen molar-refractivity contribution in [2.24, 2.45) is 5.92 Å². The third-order valence-corrected chi connectivity index (χ3v) is 6.46. The Labute approximate surface area is 180 Å². The van der Waals surface area contributed by atoms with E-state index in [0.29, 0.717) is 18.8 Å². The van der Waals surface area contributed by atoms with Crippen LogP contribution in [0.1, 0.15) is 82.6 Å². The maximum Gasteiger partial charge on any atom is 0.241 e. The minimum absolute atomic E-state index is 0.401. The number of alkyl halides is 2. The zero-order valence-corrected chi connectivity index (χ0v) is 18.3. The molecule has 164 valence electrons. The molecular formula is C27H36F2O. The molecule has 0 spiro atoms. The number of hydrogen-bond acceptors (Lipinski definition) is 1. The first-order valence-corrected chi connectivity index (χ1v) is 11.8. The monoisotopic (exact) mass is 414 g/mol. The molecule has 0 heterocycles. The van der Waals surface area contributed by atoms with Crippen LogP contribution in [-0.2, 0) is 0 Å². The Morgan fingerprint density at radius 3 is 1.93 bits per heavy atom. The van der Waals surface area contributed by atoms with Crippen LogP contribution >= 0.6 is 0 Å². The van der Waals surface area contributed by atoms with Gasteiger partial charge in [-0.1, -0.05) is 75.4 Å². The van der Waals surface area contributed by atoms with Gasteiger partial charge in [-0.15, -0.1) is 0 Å². The van der Waals surface area contributed by atoms with E-state index in [1.54, 1.807) is 0 Å². The molecule has 2 aromatic rings. The first-order valence-electron chi connectivity index (χ1n) is 11.8. The quantitative estimate of drug-likeness (QED) is 0.334. The molecular weight excluding hydrogens is 378 g/mol. The summed E-state index contributed by atoms with van der Waals surface area (Å²) in [6.07, 6.45) is 8.50. The molecule has 0 bridgehead atoms. The Morgan fingerprint density at radius 1 is 0.767 bits per heavy atom. The van der Waals surface area contributed by atoms with Gasteiger partial charge in [0.15, 0.2) is 0 Å². The smallest absolute Gasteiger partial charge is 0.241 e. The van der Waals surface area contributed by atoms with Crippen molar-refractivity contribution in [2.75, 3.05) is 6.61 Å². The lowest BCUT2D eigenvalue weighted by Gasteiger charge is -2.28. The Hall–Kier alpha value is -1.90. The third-order valence-electron chi connectivity index (χ3n) is 6.46. The molecule has 0 saturated heterocycles. The number of ether oxygens (including phenoxy) is 1. The number of rotatable bonds is 11. The van der Waals surface area contributed by atoms with Gasteiger partial charge in [0.2, 0.25) is 6.43 Å². The van der Waals surface area contributed by atoms with Gasteiger partial charge in [-0.25, -0.2) is 8.78 Å². The standard InChI is InChI=1S/C27H36F2O/c1-2-3-4-5-6-7-20-30-26-18-16-24(17-19-26)22-10-8-21(9-11-22)23-12-14-25(15-13-23)27(28)29/h8-11,16-19,23,25,27H,2-7,12-15,20H2,1H3/t23-,25-. The fourth-order valence-corrected chi connectivity index (χ4v) is 4.47. The second-order valence-corrected chi connectivity index (χ2v) is 8.71. The van der Waals surface area contributed by atoms with Crippen LogP contribution in [0.5, 0.6) is 5.75 Å². The molecule has 0 radical (unpaired) electrons. The molecule has 1 aliphatic rings. The molecule has 3 rings (SSSR count). The van der Waals surface area contributed by atoms with Crippen molar-refractivity contribution >= 4 is 0 Å². The molecule has 0 aliphatic heterocycles. The van der Waals surface area contributed by atoms with Crippen molar-refractivity contribution in [3.05, 3.63) is 54.1 Å². The first kappa shape index (κ1) is 22.8. The predicted octanol–water partition coefficient (Wildman–Crippen LogP) is 8.63. The molecule has 30 heavy (non-hydrogen) atoms. The number of halogens is 2. The Kier molecular flexibility index (Phi) is 9.17. The van der Waals surface area contributed by atoms with Gasteiger partial charge in [-0.05, 0) is 66.8 Å². The van der Waals surface area contributed by atoms with Crippen molar-refractivity contribution in [3.63, 3.8) is 0 Å². The van der Waals surface area contributed by atoms with Crippen molar-refractivity contribution in [1.82, 2.24) is 0 Å². The lowest BCUT2D eigenvalue weighted by atomic mass is 9.78. The van der Waals surface area contributed by atoms with Gasteiger partial charge in [-0.2, -0.15) is 0 Å². The summed E-state index contributed by atoms with van der Waals surface area (Å²) in [7, 11) is 0. The molecule has 2 aromatic carbocycles. The highest BCUT2D eigenvalue weighted by Gasteiger charge is 2.27. The van der Waals surface area contributed by atoms with Crippen LogP contribution in [0.3, 0.4) is 0 Å². The predicted molar refractivity (Wildman–Crippen MR) is 121 cm³/mol. The van der Waals surface area contributed by atoms with Gasteiger partial charge in [0.05, 0.1) is 6.61 Å². The van der Waals surface area contributed by atoms with Crippen LogP contribution in [0.2, 0.25) is 0 Å². The van der Waals surface area contributed by atoms with E-state index in [2.05, 4.69) is 43.3 Å². The fraction of sp³-hybridized carbons (Fsp3) is 0.556. The van der Waals surface area contributed by atoms with Gasteiger partial charge in [-0.3, -0.25) is 0 Å². The molecule has 1 nitrogen and oxygen atoms in total. The summed E-state index contributed by atoms with van der Waals surface area (Å²) in [6, 6.07) is 17.0. The van der Waals surface area contributed by atoms with E-state index >= 15 is 0 Å². The molecule has 0 N–H and O–H groups in total. The summed E-state index contributed by atoms with van der Waals surface area (Å²) < 4.78 is 31.6. The lowest BCUT2D eigenvalue weighted by Crippen LogP contribution is -2.19. The van der Waals surface area contributed by atoms with Gasteiger partial charge >= 0.3 is 0 Å². The normalized spacial score (nSPS) is 19.2. The average molecular weight is 415 g/mol. The Morgan fingerprint density at radius 2 is 1.33 bits per heavy atom. The first-order chi connectivity index (χ1) is 14.7. The second kappa shape index (κ2) is 12.1. The molecule has 0 atom stereocenters. The van der Waals surface area contributed by atoms with Crippen molar-refractivity contribution < 1.29 is 13.5 Å². The molecule has 1 saturated carbocycles. The van der Waals surface area contributed by atoms with E-state index in [4.69, 9.17) is 4.74 Å². The molecule has 0 amide bonds. The van der Waals surface area contributed by atoms with Crippen LogP contribution in [0.15, 0.2) is 48.5 Å². The van der Waals surface area contributed by atoms with Crippen LogP contribution < -0.4 is 4.74 Å². The van der Waals surface area contributed by atoms with E-state index in [0.717, 1.165) is 31.6 Å². The summed E-state index contributed by atoms with van der Waals surface area (Å²) in [5.41, 5.74) is 3.64. The van der Waals surface area contributed by atoms with Crippen LogP contribution in [-0.4, -0.2) is 13.0 Å². The number of unbranched alkanes of at least 4 members (excludes halogenated alkanes) is 5. The van der Waals surface area contributed by atoms with E-state index in [1.165, 1.54) is 48.8 Å².